The van der Waals surface area contributed by atoms with Crippen LogP contribution in [0.2, 0.25) is 0 Å². The van der Waals surface area contributed by atoms with Crippen LogP contribution in [0.5, 0.6) is 0 Å². The van der Waals surface area contributed by atoms with Crippen LogP contribution in [0.1, 0.15) is 42.7 Å². The summed E-state index contributed by atoms with van der Waals surface area (Å²) in [6.45, 7) is 6.29. The van der Waals surface area contributed by atoms with Crippen molar-refractivity contribution in [1.29, 1.82) is 0 Å². The highest BCUT2D eigenvalue weighted by molar-refractivity contribution is 6.05. The molecule has 0 unspecified atom stereocenters. The number of nitrogens with zero attached hydrogens (tertiary/aromatic N) is 4. The number of morpholine rings is 1. The number of nitro groups is 1. The van der Waals surface area contributed by atoms with Crippen LogP contribution in [0, 0.1) is 10.1 Å². The topological polar surface area (TPSA) is 103 Å². The molecule has 2 saturated heterocycles. The number of piperidine rings is 1. The Balaban J connectivity index is 1.32. The Hall–Kier alpha value is -3.56. The third kappa shape index (κ3) is 4.89. The van der Waals surface area contributed by atoms with E-state index < -0.39 is 0 Å². The number of hydrogen-bond acceptors (Lipinski definition) is 6. The summed E-state index contributed by atoms with van der Waals surface area (Å²) < 4.78 is 7.69. The van der Waals surface area contributed by atoms with Crippen LogP contribution in [-0.2, 0) is 17.8 Å². The molecule has 1 amide bonds. The summed E-state index contributed by atoms with van der Waals surface area (Å²) in [7, 11) is 0. The van der Waals surface area contributed by atoms with E-state index in [1.165, 1.54) is 5.57 Å². The second kappa shape index (κ2) is 10.2. The number of ether oxygens (including phenoxy) is 1. The quantitative estimate of drug-likeness (QED) is 0.305. The molecule has 5 rings (SSSR count). The fourth-order valence-corrected chi connectivity index (χ4v) is 5.34. The van der Waals surface area contributed by atoms with Gasteiger partial charge in [-0.05, 0) is 32.8 Å². The summed E-state index contributed by atoms with van der Waals surface area (Å²) in [6.07, 6.45) is 3.54. The van der Waals surface area contributed by atoms with Gasteiger partial charge in [-0.1, -0.05) is 48.0 Å². The molecule has 3 aromatic rings. The molecule has 36 heavy (non-hydrogen) atoms. The molecule has 188 valence electrons. The van der Waals surface area contributed by atoms with Crippen LogP contribution in [0.4, 0.5) is 5.69 Å². The molecule has 2 aliphatic rings. The molecule has 9 nitrogen and oxygen atoms in total. The van der Waals surface area contributed by atoms with E-state index in [1.54, 1.807) is 12.1 Å². The maximum Gasteiger partial charge on any atom is 0.273 e. The van der Waals surface area contributed by atoms with Crippen molar-refractivity contribution in [3.63, 3.8) is 0 Å². The lowest BCUT2D eigenvalue weighted by Crippen LogP contribution is -2.60. The van der Waals surface area contributed by atoms with Crippen LogP contribution >= 0.6 is 0 Å². The smallest absolute Gasteiger partial charge is 0.273 e. The Labute approximate surface area is 209 Å². The van der Waals surface area contributed by atoms with Gasteiger partial charge in [0.1, 0.15) is 0 Å². The van der Waals surface area contributed by atoms with Crippen molar-refractivity contribution in [3.8, 4) is 0 Å². The van der Waals surface area contributed by atoms with Crippen LogP contribution < -0.4 is 5.32 Å². The van der Waals surface area contributed by atoms with Crippen molar-refractivity contribution in [2.24, 2.45) is 0 Å². The van der Waals surface area contributed by atoms with Gasteiger partial charge in [-0.3, -0.25) is 24.5 Å². The third-order valence-corrected chi connectivity index (χ3v) is 7.09. The van der Waals surface area contributed by atoms with E-state index in [4.69, 9.17) is 4.74 Å². The van der Waals surface area contributed by atoms with Crippen LogP contribution in [0.25, 0.3) is 10.9 Å². The number of amides is 1. The summed E-state index contributed by atoms with van der Waals surface area (Å²) in [4.78, 5) is 26.8. The van der Waals surface area contributed by atoms with Crippen LogP contribution in [0.3, 0.4) is 0 Å². The molecule has 2 aromatic carbocycles. The van der Waals surface area contributed by atoms with E-state index in [-0.39, 0.29) is 34.6 Å². The predicted molar refractivity (Wildman–Crippen MR) is 137 cm³/mol. The van der Waals surface area contributed by atoms with Gasteiger partial charge in [-0.2, -0.15) is 5.10 Å². The first-order chi connectivity index (χ1) is 17.4. The predicted octanol–water partition coefficient (Wildman–Crippen LogP) is 4.07. The lowest BCUT2D eigenvalue weighted by atomic mass is 9.89. The van der Waals surface area contributed by atoms with Gasteiger partial charge in [0, 0.05) is 41.7 Å². The van der Waals surface area contributed by atoms with E-state index in [2.05, 4.69) is 21.4 Å². The summed E-state index contributed by atoms with van der Waals surface area (Å²) in [5.41, 5.74) is 3.42. The molecule has 3 heterocycles. The van der Waals surface area contributed by atoms with Crippen molar-refractivity contribution >= 4 is 22.5 Å². The molecule has 2 aliphatic heterocycles. The highest BCUT2D eigenvalue weighted by Crippen LogP contribution is 2.32. The number of allylic oxidation sites excluding steroid dienone is 2. The Kier molecular flexibility index (Phi) is 6.84. The number of carbonyl (C=O) groups is 1. The number of nitro benzene ring substituents is 1. The molecule has 2 bridgehead atoms. The molecule has 1 aromatic heterocycles. The van der Waals surface area contributed by atoms with Crippen molar-refractivity contribution in [1.82, 2.24) is 20.0 Å². The molecule has 2 fully saturated rings. The molecule has 0 saturated carbocycles. The highest BCUT2D eigenvalue weighted by atomic mass is 16.6. The number of carbonyl (C=O) groups excluding carboxylic acids is 1. The van der Waals surface area contributed by atoms with Crippen molar-refractivity contribution < 1.29 is 14.5 Å². The number of fused-ring (bicyclic) bond motifs is 3. The van der Waals surface area contributed by atoms with Gasteiger partial charge in [0.05, 0.1) is 30.2 Å². The van der Waals surface area contributed by atoms with E-state index >= 15 is 0 Å². The van der Waals surface area contributed by atoms with Crippen molar-refractivity contribution in [3.05, 3.63) is 81.6 Å². The first kappa shape index (κ1) is 24.1. The number of hydrogen-bond donors (Lipinski definition) is 1. The number of aromatic nitrogens is 2. The average Bonchev–Trinajstić information content (AvgIpc) is 3.22. The second-order valence-corrected chi connectivity index (χ2v) is 9.87. The summed E-state index contributed by atoms with van der Waals surface area (Å²) in [5, 5.41) is 20.2. The van der Waals surface area contributed by atoms with Gasteiger partial charge in [-0.15, -0.1) is 0 Å². The summed E-state index contributed by atoms with van der Waals surface area (Å²) >= 11 is 0. The molecule has 0 aliphatic carbocycles. The minimum Gasteiger partial charge on any atom is -0.378 e. The second-order valence-electron chi connectivity index (χ2n) is 9.87. The third-order valence-electron chi connectivity index (χ3n) is 7.09. The fourth-order valence-electron chi connectivity index (χ4n) is 5.34. The van der Waals surface area contributed by atoms with Gasteiger partial charge < -0.3 is 10.1 Å². The zero-order chi connectivity index (χ0) is 25.2. The minimum absolute atomic E-state index is 0.0138. The van der Waals surface area contributed by atoms with Gasteiger partial charge in [0.25, 0.3) is 11.6 Å². The maximum atomic E-state index is 13.4. The zero-order valence-corrected chi connectivity index (χ0v) is 20.6. The van der Waals surface area contributed by atoms with E-state index in [1.807, 2.05) is 54.9 Å². The monoisotopic (exact) mass is 489 g/mol. The Morgan fingerprint density at radius 1 is 1.14 bits per heavy atom. The first-order valence-electron chi connectivity index (χ1n) is 12.4. The number of benzene rings is 2. The molecule has 0 radical (unpaired) electrons. The van der Waals surface area contributed by atoms with Gasteiger partial charge in [0.2, 0.25) is 0 Å². The normalized spacial score (nSPS) is 21.8. The fraction of sp³-hybridized carbons (Fsp3) is 0.407. The molecule has 9 heteroatoms. The molecule has 0 spiro atoms. The van der Waals surface area contributed by atoms with E-state index in [9.17, 15) is 14.9 Å². The van der Waals surface area contributed by atoms with Gasteiger partial charge >= 0.3 is 0 Å². The summed E-state index contributed by atoms with van der Waals surface area (Å²) in [5.74, 6) is -0.168. The maximum absolute atomic E-state index is 13.4. The lowest BCUT2D eigenvalue weighted by molar-refractivity contribution is -0.385. The van der Waals surface area contributed by atoms with Gasteiger partial charge in [-0.25, -0.2) is 0 Å². The largest absolute Gasteiger partial charge is 0.378 e. The summed E-state index contributed by atoms with van der Waals surface area (Å²) in [6, 6.07) is 14.8. The number of rotatable bonds is 7. The average molecular weight is 490 g/mol. The Morgan fingerprint density at radius 3 is 2.56 bits per heavy atom. The van der Waals surface area contributed by atoms with E-state index in [0.717, 1.165) is 23.7 Å². The SMILES string of the molecule is CC(C)=CCn1nc(C(=O)N[C@H]2C[C@H]3COC[C@@H](C2)N3Cc2ccccc2[N+](=O)[O-])c2ccccc21. The van der Waals surface area contributed by atoms with Crippen molar-refractivity contribution in [2.75, 3.05) is 13.2 Å². The zero-order valence-electron chi connectivity index (χ0n) is 20.6. The number of para-hydroxylation sites is 2. The lowest BCUT2D eigenvalue weighted by Gasteiger charge is -2.48. The van der Waals surface area contributed by atoms with Crippen molar-refractivity contribution in [2.45, 2.75) is 57.9 Å². The minimum atomic E-state index is -0.324. The van der Waals surface area contributed by atoms with E-state index in [0.29, 0.717) is 37.6 Å². The molecule has 3 atom stereocenters. The van der Waals surface area contributed by atoms with Gasteiger partial charge in [0.15, 0.2) is 5.69 Å². The Bertz CT molecular complexity index is 1300. The molecular formula is C27H31N5O4. The van der Waals surface area contributed by atoms with Crippen LogP contribution in [-0.4, -0.2) is 56.9 Å². The molecular weight excluding hydrogens is 458 g/mol. The highest BCUT2D eigenvalue weighted by Gasteiger charge is 2.40. The Morgan fingerprint density at radius 2 is 1.83 bits per heavy atom. The number of nitrogens with one attached hydrogen (secondary N) is 1. The standard InChI is InChI=1S/C27H31N5O4/c1-18(2)11-12-31-25-10-6-4-8-23(25)26(29-31)27(33)28-20-13-21-16-36-17-22(14-20)30(21)15-19-7-3-5-9-24(19)32(34)35/h3-11,20-22H,12-17H2,1-2H3,(H,28,33)/t20-,21-,22+. The van der Waals surface area contributed by atoms with Crippen LogP contribution in [0.15, 0.2) is 60.2 Å². The first-order valence-corrected chi connectivity index (χ1v) is 12.4. The molecule has 1 N–H and O–H groups in total.